The number of para-hydroxylation sites is 1. The summed E-state index contributed by atoms with van der Waals surface area (Å²) in [6, 6.07) is 6.70. The standard InChI is InChI=1S/C15H17N2O3/c1-9(2)14(15(19)20)17-13(18)7-10-8-16-12-6-4-3-5-11(10)12/h3-6,8-9,14H,7H2,1-2H3,(H,17,18)(H,19,20). The van der Waals surface area contributed by atoms with Gasteiger partial charge in [-0.15, -0.1) is 0 Å². The average Bonchev–Trinajstić information content (AvgIpc) is 2.79. The summed E-state index contributed by atoms with van der Waals surface area (Å²) in [5.41, 5.74) is 2.58. The van der Waals surface area contributed by atoms with Crippen molar-refractivity contribution in [1.82, 2.24) is 10.6 Å². The van der Waals surface area contributed by atoms with Gasteiger partial charge in [0.2, 0.25) is 5.91 Å². The number of fused-ring (bicyclic) bond motifs is 1. The number of carboxylic acids is 1. The second-order valence-electron chi connectivity index (χ2n) is 5.10. The minimum atomic E-state index is -1.01. The van der Waals surface area contributed by atoms with E-state index in [1.54, 1.807) is 20.0 Å². The Balaban J connectivity index is 2.01. The van der Waals surface area contributed by atoms with Crippen molar-refractivity contribution in [3.63, 3.8) is 0 Å². The molecule has 1 atom stereocenters. The molecule has 1 radical (unpaired) electrons. The smallest absolute Gasteiger partial charge is 0.326 e. The molecule has 1 aromatic carbocycles. The molecule has 2 N–H and O–H groups in total. The first-order valence-electron chi connectivity index (χ1n) is 6.50. The highest BCUT2D eigenvalue weighted by Crippen LogP contribution is 2.31. The van der Waals surface area contributed by atoms with E-state index in [0.717, 1.165) is 16.8 Å². The Kier molecular flexibility index (Phi) is 4.08. The molecule has 2 rings (SSSR count). The number of carboxylic acid groups (broad SMARTS) is 1. The Hall–Kier alpha value is -2.30. The molecule has 20 heavy (non-hydrogen) atoms. The summed E-state index contributed by atoms with van der Waals surface area (Å²) in [5, 5.41) is 15.8. The normalized spacial score (nSPS) is 14.2. The van der Waals surface area contributed by atoms with Crippen LogP contribution in [0.15, 0.2) is 30.5 Å². The summed E-state index contributed by atoms with van der Waals surface area (Å²) in [4.78, 5) is 23.0. The van der Waals surface area contributed by atoms with E-state index in [1.165, 1.54) is 0 Å². The van der Waals surface area contributed by atoms with Crippen molar-refractivity contribution in [2.75, 3.05) is 0 Å². The van der Waals surface area contributed by atoms with Crippen molar-refractivity contribution in [2.45, 2.75) is 26.3 Å². The van der Waals surface area contributed by atoms with E-state index in [0.29, 0.717) is 0 Å². The maximum atomic E-state index is 12.0. The van der Waals surface area contributed by atoms with Gasteiger partial charge in [0.1, 0.15) is 6.04 Å². The van der Waals surface area contributed by atoms with Gasteiger partial charge in [0.15, 0.2) is 0 Å². The molecule has 1 amide bonds. The first-order chi connectivity index (χ1) is 9.49. The van der Waals surface area contributed by atoms with Gasteiger partial charge >= 0.3 is 5.97 Å². The quantitative estimate of drug-likeness (QED) is 0.859. The molecular weight excluding hydrogens is 256 g/mol. The van der Waals surface area contributed by atoms with E-state index >= 15 is 0 Å². The van der Waals surface area contributed by atoms with Crippen LogP contribution in [-0.4, -0.2) is 23.0 Å². The van der Waals surface area contributed by atoms with Gasteiger partial charge in [0.05, 0.1) is 12.1 Å². The van der Waals surface area contributed by atoms with Crippen LogP contribution in [0.25, 0.3) is 5.57 Å². The third-order valence-electron chi connectivity index (χ3n) is 3.21. The molecule has 1 aliphatic heterocycles. The molecule has 5 heteroatoms. The minimum Gasteiger partial charge on any atom is -0.480 e. The van der Waals surface area contributed by atoms with Gasteiger partial charge in [-0.25, -0.2) is 4.79 Å². The molecular formula is C15H17N2O3. The van der Waals surface area contributed by atoms with Gasteiger partial charge in [0, 0.05) is 11.8 Å². The number of rotatable bonds is 5. The molecule has 0 fully saturated rings. The van der Waals surface area contributed by atoms with Gasteiger partial charge in [-0.2, -0.15) is 0 Å². The van der Waals surface area contributed by atoms with E-state index in [4.69, 9.17) is 5.11 Å². The third-order valence-corrected chi connectivity index (χ3v) is 3.21. The fourth-order valence-electron chi connectivity index (χ4n) is 2.13. The Morgan fingerprint density at radius 3 is 2.65 bits per heavy atom. The van der Waals surface area contributed by atoms with Gasteiger partial charge in [0.25, 0.3) is 0 Å². The lowest BCUT2D eigenvalue weighted by molar-refractivity contribution is -0.142. The molecule has 0 saturated heterocycles. The van der Waals surface area contributed by atoms with Crippen LogP contribution in [0, 0.1) is 5.92 Å². The molecule has 1 heterocycles. The second-order valence-corrected chi connectivity index (χ2v) is 5.10. The van der Waals surface area contributed by atoms with E-state index in [9.17, 15) is 9.59 Å². The van der Waals surface area contributed by atoms with Gasteiger partial charge in [-0.3, -0.25) is 10.1 Å². The molecule has 5 nitrogen and oxygen atoms in total. The van der Waals surface area contributed by atoms with Crippen LogP contribution < -0.4 is 10.6 Å². The zero-order valence-electron chi connectivity index (χ0n) is 11.5. The summed E-state index contributed by atoms with van der Waals surface area (Å²) in [5.74, 6) is -1.48. The fraction of sp³-hybridized carbons (Fsp3) is 0.333. The number of benzene rings is 1. The highest BCUT2D eigenvalue weighted by molar-refractivity contribution is 5.94. The topological polar surface area (TPSA) is 80.5 Å². The SMILES string of the molecule is CC(C)C(NC(=O)CC1=C[N]c2ccccc21)C(=O)O. The monoisotopic (exact) mass is 273 g/mol. The van der Waals surface area contributed by atoms with E-state index in [-0.39, 0.29) is 18.2 Å². The lowest BCUT2D eigenvalue weighted by Crippen LogP contribution is -2.44. The lowest BCUT2D eigenvalue weighted by Gasteiger charge is -2.18. The molecule has 105 valence electrons. The zero-order chi connectivity index (χ0) is 14.7. The number of amides is 1. The van der Waals surface area contributed by atoms with Crippen LogP contribution in [0.4, 0.5) is 5.69 Å². The molecule has 1 aromatic rings. The third kappa shape index (κ3) is 2.99. The first-order valence-corrected chi connectivity index (χ1v) is 6.50. The van der Waals surface area contributed by atoms with Crippen molar-refractivity contribution in [3.05, 3.63) is 36.0 Å². The highest BCUT2D eigenvalue weighted by Gasteiger charge is 2.25. The number of hydrogen-bond acceptors (Lipinski definition) is 2. The summed E-state index contributed by atoms with van der Waals surface area (Å²) in [6.07, 6.45) is 1.80. The van der Waals surface area contributed by atoms with Crippen LogP contribution in [0.1, 0.15) is 25.8 Å². The first kappa shape index (κ1) is 14.1. The van der Waals surface area contributed by atoms with Crippen molar-refractivity contribution >= 4 is 23.1 Å². The van der Waals surface area contributed by atoms with E-state index < -0.39 is 12.0 Å². The predicted molar refractivity (Wildman–Crippen MR) is 75.2 cm³/mol. The number of hydrogen-bond donors (Lipinski definition) is 2. The zero-order valence-corrected chi connectivity index (χ0v) is 11.5. The highest BCUT2D eigenvalue weighted by atomic mass is 16.4. The summed E-state index contributed by atoms with van der Waals surface area (Å²) < 4.78 is 0. The molecule has 0 spiro atoms. The number of carbonyl (C=O) groups is 2. The van der Waals surface area contributed by atoms with Crippen molar-refractivity contribution in [1.29, 1.82) is 0 Å². The minimum absolute atomic E-state index is 0.136. The Bertz CT molecular complexity index is 564. The molecule has 0 aliphatic carbocycles. The predicted octanol–water partition coefficient (Wildman–Crippen LogP) is 1.89. The second kappa shape index (κ2) is 5.77. The van der Waals surface area contributed by atoms with E-state index in [1.807, 2.05) is 24.3 Å². The van der Waals surface area contributed by atoms with Crippen LogP contribution in [-0.2, 0) is 9.59 Å². The molecule has 1 aliphatic rings. The van der Waals surface area contributed by atoms with Gasteiger partial charge < -0.3 is 10.4 Å². The average molecular weight is 273 g/mol. The van der Waals surface area contributed by atoms with Crippen LogP contribution in [0.5, 0.6) is 0 Å². The van der Waals surface area contributed by atoms with Crippen molar-refractivity contribution < 1.29 is 14.7 Å². The maximum absolute atomic E-state index is 12.0. The largest absolute Gasteiger partial charge is 0.480 e. The van der Waals surface area contributed by atoms with Crippen molar-refractivity contribution in [3.8, 4) is 0 Å². The maximum Gasteiger partial charge on any atom is 0.326 e. The summed E-state index contributed by atoms with van der Waals surface area (Å²) in [6.45, 7) is 3.52. The molecule has 1 unspecified atom stereocenters. The van der Waals surface area contributed by atoms with Crippen molar-refractivity contribution in [2.24, 2.45) is 5.92 Å². The van der Waals surface area contributed by atoms with Gasteiger partial charge in [-0.1, -0.05) is 32.0 Å². The number of carbonyl (C=O) groups excluding carboxylic acids is 1. The molecule has 0 bridgehead atoms. The van der Waals surface area contributed by atoms with E-state index in [2.05, 4.69) is 10.6 Å². The Morgan fingerprint density at radius 1 is 1.30 bits per heavy atom. The molecule has 0 aromatic heterocycles. The van der Waals surface area contributed by atoms with Gasteiger partial charge in [-0.05, 0) is 17.6 Å². The summed E-state index contributed by atoms with van der Waals surface area (Å²) in [7, 11) is 0. The lowest BCUT2D eigenvalue weighted by atomic mass is 10.0. The Morgan fingerprint density at radius 2 is 2.00 bits per heavy atom. The number of nitrogens with zero attached hydrogens (tertiary/aromatic N) is 1. The van der Waals surface area contributed by atoms with Crippen LogP contribution in [0.3, 0.4) is 0 Å². The van der Waals surface area contributed by atoms with Crippen LogP contribution in [0.2, 0.25) is 0 Å². The summed E-state index contributed by atoms with van der Waals surface area (Å²) >= 11 is 0. The molecule has 0 saturated carbocycles. The van der Waals surface area contributed by atoms with Crippen LogP contribution >= 0.6 is 0 Å². The number of nitrogens with one attached hydrogen (secondary N) is 1. The number of aliphatic carboxylic acids is 1. The Labute approximate surface area is 117 Å². The fourth-order valence-corrected chi connectivity index (χ4v) is 2.13.